The molecule has 9 rings (SSSR count). The second-order valence-electron chi connectivity index (χ2n) is 11.1. The predicted molar refractivity (Wildman–Crippen MR) is 174 cm³/mol. The second kappa shape index (κ2) is 9.89. The highest BCUT2D eigenvalue weighted by atomic mass is 16.5. The molecule has 0 bridgehead atoms. The average Bonchev–Trinajstić information content (AvgIpc) is 3.67. The maximum Gasteiger partial charge on any atom is 0.164 e. The van der Waals surface area contributed by atoms with Crippen LogP contribution in [-0.2, 0) is 0 Å². The van der Waals surface area contributed by atoms with E-state index in [0.717, 1.165) is 61.1 Å². The van der Waals surface area contributed by atoms with Crippen molar-refractivity contribution in [3.63, 3.8) is 0 Å². The fourth-order valence-electron chi connectivity index (χ4n) is 6.43. The number of para-hydroxylation sites is 3. The molecule has 0 saturated heterocycles. The first kappa shape index (κ1) is 24.8. The molecule has 1 aliphatic heterocycles. The molecule has 0 saturated carbocycles. The van der Waals surface area contributed by atoms with E-state index in [-0.39, 0.29) is 12.0 Å². The summed E-state index contributed by atoms with van der Waals surface area (Å²) in [5, 5.41) is 2.20. The Labute approximate surface area is 253 Å². The average molecular weight is 568 g/mol. The minimum Gasteiger partial charge on any atom is -0.484 e. The Morgan fingerprint density at radius 1 is 0.545 bits per heavy atom. The van der Waals surface area contributed by atoms with Crippen LogP contribution in [0.3, 0.4) is 0 Å². The van der Waals surface area contributed by atoms with Gasteiger partial charge in [-0.15, -0.1) is 0 Å². The van der Waals surface area contributed by atoms with Crippen molar-refractivity contribution in [2.75, 3.05) is 0 Å². The van der Waals surface area contributed by atoms with Crippen LogP contribution in [0.15, 0.2) is 144 Å². The molecular formula is C39H25N3O2. The lowest BCUT2D eigenvalue weighted by molar-refractivity contribution is 0.278. The van der Waals surface area contributed by atoms with Gasteiger partial charge in [0, 0.05) is 44.5 Å². The van der Waals surface area contributed by atoms with Crippen molar-refractivity contribution in [2.45, 2.75) is 12.0 Å². The fraction of sp³-hybridized carbons (Fsp3) is 0.0513. The Bertz CT molecular complexity index is 2210. The zero-order chi connectivity index (χ0) is 29.0. The van der Waals surface area contributed by atoms with Crippen LogP contribution in [0.5, 0.6) is 5.75 Å². The van der Waals surface area contributed by atoms with Crippen molar-refractivity contribution >= 4 is 33.1 Å². The number of ether oxygens (including phenoxy) is 1. The highest BCUT2D eigenvalue weighted by molar-refractivity contribution is 6.09. The number of nitrogens with zero attached hydrogens (tertiary/aromatic N) is 3. The molecule has 2 aromatic heterocycles. The lowest BCUT2D eigenvalue weighted by Crippen LogP contribution is -2.24. The Morgan fingerprint density at radius 2 is 1.18 bits per heavy atom. The molecule has 5 nitrogen and oxygen atoms in total. The van der Waals surface area contributed by atoms with Gasteiger partial charge in [-0.1, -0.05) is 121 Å². The fourth-order valence-corrected chi connectivity index (χ4v) is 6.43. The Morgan fingerprint density at radius 3 is 1.95 bits per heavy atom. The molecule has 0 N–H and O–H groups in total. The summed E-state index contributed by atoms with van der Waals surface area (Å²) in [6.45, 7) is 0. The third-order valence-corrected chi connectivity index (χ3v) is 8.51. The van der Waals surface area contributed by atoms with E-state index in [2.05, 4.69) is 54.6 Å². The monoisotopic (exact) mass is 567 g/mol. The van der Waals surface area contributed by atoms with E-state index in [1.165, 1.54) is 0 Å². The summed E-state index contributed by atoms with van der Waals surface area (Å²) in [5.41, 5.74) is 7.74. The van der Waals surface area contributed by atoms with Gasteiger partial charge in [-0.3, -0.25) is 0 Å². The van der Waals surface area contributed by atoms with E-state index in [9.17, 15) is 0 Å². The van der Waals surface area contributed by atoms with Crippen LogP contribution in [0.2, 0.25) is 0 Å². The van der Waals surface area contributed by atoms with Gasteiger partial charge in [0.1, 0.15) is 23.0 Å². The number of hydrogen-bond acceptors (Lipinski definition) is 5. The summed E-state index contributed by atoms with van der Waals surface area (Å²) >= 11 is 0. The molecule has 208 valence electrons. The smallest absolute Gasteiger partial charge is 0.164 e. The van der Waals surface area contributed by atoms with Crippen molar-refractivity contribution < 1.29 is 9.15 Å². The number of aromatic nitrogens is 3. The van der Waals surface area contributed by atoms with Crippen LogP contribution < -0.4 is 4.74 Å². The van der Waals surface area contributed by atoms with Gasteiger partial charge in [-0.05, 0) is 23.8 Å². The Kier molecular flexibility index (Phi) is 5.56. The molecule has 0 radical (unpaired) electrons. The van der Waals surface area contributed by atoms with Gasteiger partial charge in [0.15, 0.2) is 17.5 Å². The number of fused-ring (bicyclic) bond motifs is 6. The minimum atomic E-state index is -0.277. The summed E-state index contributed by atoms with van der Waals surface area (Å²) in [6, 6.07) is 42.9. The molecule has 0 spiro atoms. The third-order valence-electron chi connectivity index (χ3n) is 8.51. The first-order valence-electron chi connectivity index (χ1n) is 14.8. The van der Waals surface area contributed by atoms with E-state index < -0.39 is 0 Å². The highest BCUT2D eigenvalue weighted by Gasteiger charge is 2.40. The highest BCUT2D eigenvalue weighted by Crippen LogP contribution is 2.49. The molecule has 0 amide bonds. The van der Waals surface area contributed by atoms with Crippen molar-refractivity contribution in [3.05, 3.63) is 156 Å². The van der Waals surface area contributed by atoms with Crippen molar-refractivity contribution in [1.82, 2.24) is 15.0 Å². The van der Waals surface area contributed by atoms with Crippen LogP contribution in [0.4, 0.5) is 0 Å². The normalized spacial score (nSPS) is 17.1. The number of furan rings is 1. The topological polar surface area (TPSA) is 61.0 Å². The Balaban J connectivity index is 1.28. The molecule has 2 atom stereocenters. The van der Waals surface area contributed by atoms with Gasteiger partial charge in [0.25, 0.3) is 0 Å². The van der Waals surface area contributed by atoms with Crippen molar-refractivity contribution in [2.24, 2.45) is 0 Å². The van der Waals surface area contributed by atoms with Gasteiger partial charge >= 0.3 is 0 Å². The largest absolute Gasteiger partial charge is 0.484 e. The van der Waals surface area contributed by atoms with Crippen LogP contribution in [0.25, 0.3) is 55.9 Å². The summed E-state index contributed by atoms with van der Waals surface area (Å²) in [5.74, 6) is 2.71. The Hall–Kier alpha value is -5.81. The first-order chi connectivity index (χ1) is 21.8. The lowest BCUT2D eigenvalue weighted by Gasteiger charge is -2.25. The van der Waals surface area contributed by atoms with Gasteiger partial charge in [-0.25, -0.2) is 15.0 Å². The van der Waals surface area contributed by atoms with E-state index in [1.54, 1.807) is 0 Å². The quantitative estimate of drug-likeness (QED) is 0.212. The standard InChI is InChI=1S/C39H25N3O2/c1-3-12-24(13-4-1)37-40-38(25-14-5-2-6-15-25)42-39(41-37)32-23-26(22-31-29-17-8-10-21-34(29)44-36(31)32)27-18-11-19-30-28-16-7-9-20-33(28)43-35(27)30/h1-23,31,36H. The van der Waals surface area contributed by atoms with Crippen LogP contribution in [0.1, 0.15) is 22.9 Å². The summed E-state index contributed by atoms with van der Waals surface area (Å²) in [4.78, 5) is 15.1. The van der Waals surface area contributed by atoms with E-state index in [1.807, 2.05) is 84.9 Å². The van der Waals surface area contributed by atoms with Gasteiger partial charge in [0.2, 0.25) is 0 Å². The SMILES string of the molecule is C1=C(c2cccc3c2oc2ccccc23)C=C(c2nc(-c3ccccc3)nc(-c3ccccc3)n2)C2Oc3ccccc3C12. The minimum absolute atomic E-state index is 0.0158. The van der Waals surface area contributed by atoms with E-state index >= 15 is 0 Å². The second-order valence-corrected chi connectivity index (χ2v) is 11.1. The molecule has 7 aromatic rings. The number of allylic oxidation sites excluding steroid dienone is 2. The van der Waals surface area contributed by atoms with Gasteiger partial charge in [-0.2, -0.15) is 0 Å². The van der Waals surface area contributed by atoms with Crippen LogP contribution >= 0.6 is 0 Å². The molecule has 2 unspecified atom stereocenters. The van der Waals surface area contributed by atoms with E-state index in [0.29, 0.717) is 17.5 Å². The molecule has 3 heterocycles. The molecular weight excluding hydrogens is 542 g/mol. The molecule has 44 heavy (non-hydrogen) atoms. The van der Waals surface area contributed by atoms with Crippen molar-refractivity contribution in [1.29, 1.82) is 0 Å². The predicted octanol–water partition coefficient (Wildman–Crippen LogP) is 9.13. The van der Waals surface area contributed by atoms with Crippen LogP contribution in [-0.4, -0.2) is 21.1 Å². The molecule has 5 heteroatoms. The zero-order valence-corrected chi connectivity index (χ0v) is 23.6. The molecule has 1 aliphatic carbocycles. The number of benzene rings is 5. The lowest BCUT2D eigenvalue weighted by atomic mass is 9.82. The first-order valence-corrected chi connectivity index (χ1v) is 14.8. The van der Waals surface area contributed by atoms with Crippen molar-refractivity contribution in [3.8, 4) is 28.5 Å². The molecule has 2 aliphatic rings. The van der Waals surface area contributed by atoms with Gasteiger partial charge in [0.05, 0.1) is 0 Å². The number of rotatable bonds is 4. The summed E-state index contributed by atoms with van der Waals surface area (Å²) in [6.07, 6.45) is 4.20. The summed E-state index contributed by atoms with van der Waals surface area (Å²) in [7, 11) is 0. The molecule has 5 aromatic carbocycles. The molecule has 0 fully saturated rings. The maximum atomic E-state index is 6.65. The van der Waals surface area contributed by atoms with E-state index in [4.69, 9.17) is 24.1 Å². The van der Waals surface area contributed by atoms with Crippen LogP contribution in [0, 0.1) is 0 Å². The maximum absolute atomic E-state index is 6.65. The van der Waals surface area contributed by atoms with Gasteiger partial charge < -0.3 is 9.15 Å². The summed E-state index contributed by atoms with van der Waals surface area (Å²) < 4.78 is 13.1. The third kappa shape index (κ3) is 3.97. The number of hydrogen-bond donors (Lipinski definition) is 0. The zero-order valence-electron chi connectivity index (χ0n) is 23.6.